The van der Waals surface area contributed by atoms with E-state index in [9.17, 15) is 0 Å². The van der Waals surface area contributed by atoms with Crippen LogP contribution >= 0.6 is 0 Å². The van der Waals surface area contributed by atoms with E-state index < -0.39 is 0 Å². The molecule has 1 heteroatoms. The third-order valence-corrected chi connectivity index (χ3v) is 5.25. The Bertz CT molecular complexity index is 892. The molecule has 0 saturated heterocycles. The summed E-state index contributed by atoms with van der Waals surface area (Å²) in [6.45, 7) is 13.0. The molecule has 30 heavy (non-hydrogen) atoms. The largest absolute Gasteiger partial charge is 0.333 e. The van der Waals surface area contributed by atoms with E-state index in [2.05, 4.69) is 112 Å². The average molecular weight is 402 g/mol. The molecule has 3 aromatic carbocycles. The van der Waals surface area contributed by atoms with Gasteiger partial charge in [-0.25, -0.2) is 0 Å². The van der Waals surface area contributed by atoms with Crippen molar-refractivity contribution in [1.29, 1.82) is 0 Å². The van der Waals surface area contributed by atoms with Crippen molar-refractivity contribution in [3.63, 3.8) is 0 Å². The summed E-state index contributed by atoms with van der Waals surface area (Å²) in [5, 5.41) is 0. The van der Waals surface area contributed by atoms with E-state index in [-0.39, 0.29) is 0 Å². The molecule has 2 N–H and O–H groups in total. The molecule has 0 spiro atoms. The minimum absolute atomic E-state index is 0.384. The Labute approximate surface area is 184 Å². The normalized spacial score (nSPS) is 11.5. The number of allylic oxidation sites excluding steroid dienone is 1. The van der Waals surface area contributed by atoms with Crippen LogP contribution in [0.4, 0.5) is 0 Å². The number of rotatable bonds is 5. The zero-order valence-corrected chi connectivity index (χ0v) is 19.9. The van der Waals surface area contributed by atoms with Gasteiger partial charge in [-0.15, -0.1) is 0 Å². The fourth-order valence-corrected chi connectivity index (χ4v) is 3.94. The number of hydrogen-bond acceptors (Lipinski definition) is 1. The Balaban J connectivity index is 0.00000106. The smallest absolute Gasteiger partial charge is 0.00664 e. The first-order chi connectivity index (χ1) is 14.6. The van der Waals surface area contributed by atoms with Gasteiger partial charge in [0, 0.05) is 5.92 Å². The molecule has 1 unspecified atom stereocenters. The van der Waals surface area contributed by atoms with Crippen molar-refractivity contribution in [2.75, 3.05) is 7.05 Å². The van der Waals surface area contributed by atoms with Crippen molar-refractivity contribution in [3.8, 4) is 0 Å². The summed E-state index contributed by atoms with van der Waals surface area (Å²) in [6, 6.07) is 26.1. The highest BCUT2D eigenvalue weighted by molar-refractivity contribution is 5.82. The highest BCUT2D eigenvalue weighted by Gasteiger charge is 2.17. The number of benzene rings is 3. The summed E-state index contributed by atoms with van der Waals surface area (Å²) in [5.74, 6) is 0.384. The summed E-state index contributed by atoms with van der Waals surface area (Å²) < 4.78 is 0. The van der Waals surface area contributed by atoms with E-state index in [1.807, 2.05) is 13.8 Å². The first-order valence-corrected chi connectivity index (χ1v) is 11.1. The van der Waals surface area contributed by atoms with Gasteiger partial charge < -0.3 is 5.73 Å². The van der Waals surface area contributed by atoms with Gasteiger partial charge in [0.05, 0.1) is 0 Å². The highest BCUT2D eigenvalue weighted by atomic mass is 14.4. The summed E-state index contributed by atoms with van der Waals surface area (Å²) in [6.07, 6.45) is 3.38. The topological polar surface area (TPSA) is 26.0 Å². The van der Waals surface area contributed by atoms with Crippen LogP contribution in [0.5, 0.6) is 0 Å². The van der Waals surface area contributed by atoms with Crippen molar-refractivity contribution in [2.24, 2.45) is 5.73 Å². The van der Waals surface area contributed by atoms with Crippen molar-refractivity contribution >= 4 is 5.57 Å². The summed E-state index contributed by atoms with van der Waals surface area (Å²) >= 11 is 0. The number of aryl methyl sites for hydroxylation is 1. The molecule has 3 aromatic rings. The lowest BCUT2D eigenvalue weighted by atomic mass is 9.82. The van der Waals surface area contributed by atoms with E-state index in [0.29, 0.717) is 5.92 Å². The van der Waals surface area contributed by atoms with E-state index in [4.69, 9.17) is 0 Å². The van der Waals surface area contributed by atoms with Gasteiger partial charge in [0.1, 0.15) is 0 Å². The first-order valence-electron chi connectivity index (χ1n) is 11.1. The Morgan fingerprint density at radius 1 is 0.833 bits per heavy atom. The molecule has 160 valence electrons. The maximum Gasteiger partial charge on any atom is 0.00664 e. The molecular weight excluding hydrogens is 362 g/mol. The van der Waals surface area contributed by atoms with Gasteiger partial charge in [-0.3, -0.25) is 0 Å². The molecule has 1 nitrogen and oxygen atoms in total. The molecule has 0 amide bonds. The third-order valence-electron chi connectivity index (χ3n) is 5.25. The molecule has 0 radical (unpaired) electrons. The SMILES string of the molecule is CC.CC/C=C(/c1ccccc1)c1ccc(C)c(C(C)c2ccccc2)c1C.CN. The van der Waals surface area contributed by atoms with Crippen molar-refractivity contribution in [1.82, 2.24) is 0 Å². The molecule has 0 fully saturated rings. The van der Waals surface area contributed by atoms with Crippen LogP contribution in [0.3, 0.4) is 0 Å². The molecule has 0 aliphatic heterocycles. The highest BCUT2D eigenvalue weighted by Crippen LogP contribution is 2.35. The van der Waals surface area contributed by atoms with E-state index in [1.165, 1.54) is 46.0 Å². The minimum atomic E-state index is 0.384. The maximum atomic E-state index is 4.50. The number of nitrogens with two attached hydrogens (primary N) is 1. The fraction of sp³-hybridized carbons (Fsp3) is 0.310. The predicted octanol–water partition coefficient (Wildman–Crippen LogP) is 7.90. The van der Waals surface area contributed by atoms with Crippen molar-refractivity contribution < 1.29 is 0 Å². The average Bonchev–Trinajstić information content (AvgIpc) is 2.82. The molecule has 0 saturated carbocycles. The lowest BCUT2D eigenvalue weighted by Gasteiger charge is -2.22. The Hall–Kier alpha value is -2.64. The van der Waals surface area contributed by atoms with Crippen LogP contribution in [0.15, 0.2) is 78.9 Å². The van der Waals surface area contributed by atoms with Gasteiger partial charge in [0.2, 0.25) is 0 Å². The van der Waals surface area contributed by atoms with Gasteiger partial charge in [-0.2, -0.15) is 0 Å². The van der Waals surface area contributed by atoms with E-state index >= 15 is 0 Å². The fourth-order valence-electron chi connectivity index (χ4n) is 3.94. The first kappa shape index (κ1) is 25.4. The van der Waals surface area contributed by atoms with Crippen LogP contribution in [0.2, 0.25) is 0 Å². The Morgan fingerprint density at radius 2 is 1.37 bits per heavy atom. The van der Waals surface area contributed by atoms with E-state index in [0.717, 1.165) is 6.42 Å². The zero-order valence-electron chi connectivity index (χ0n) is 19.9. The lowest BCUT2D eigenvalue weighted by Crippen LogP contribution is -2.05. The minimum Gasteiger partial charge on any atom is -0.333 e. The van der Waals surface area contributed by atoms with Gasteiger partial charge in [0.15, 0.2) is 0 Å². The second kappa shape index (κ2) is 13.6. The van der Waals surface area contributed by atoms with Gasteiger partial charge in [-0.05, 0) is 66.3 Å². The molecule has 0 aliphatic rings. The zero-order chi connectivity index (χ0) is 22.5. The second-order valence-corrected chi connectivity index (χ2v) is 6.99. The van der Waals surface area contributed by atoms with Crippen LogP contribution < -0.4 is 5.73 Å². The van der Waals surface area contributed by atoms with Gasteiger partial charge in [0.25, 0.3) is 0 Å². The van der Waals surface area contributed by atoms with Crippen LogP contribution in [-0.4, -0.2) is 7.05 Å². The second-order valence-electron chi connectivity index (χ2n) is 6.99. The molecule has 3 rings (SSSR count). The van der Waals surface area contributed by atoms with Crippen LogP contribution in [0.25, 0.3) is 5.57 Å². The monoisotopic (exact) mass is 401 g/mol. The quantitative estimate of drug-likeness (QED) is 0.462. The summed E-state index contributed by atoms with van der Waals surface area (Å²) in [4.78, 5) is 0. The lowest BCUT2D eigenvalue weighted by molar-refractivity contribution is 0.896. The van der Waals surface area contributed by atoms with Crippen LogP contribution in [0, 0.1) is 13.8 Å². The summed E-state index contributed by atoms with van der Waals surface area (Å²) in [5.41, 5.74) is 14.1. The summed E-state index contributed by atoms with van der Waals surface area (Å²) in [7, 11) is 1.50. The molecule has 0 aliphatic carbocycles. The Kier molecular flexibility index (Phi) is 11.5. The Morgan fingerprint density at radius 3 is 1.90 bits per heavy atom. The molecule has 0 bridgehead atoms. The molecule has 0 aromatic heterocycles. The van der Waals surface area contributed by atoms with Crippen molar-refractivity contribution in [3.05, 3.63) is 112 Å². The standard InChI is InChI=1S/C26H28.C2H6.CH5N/c1-5-12-25(23-15-10-7-11-16-23)24-18-17-19(2)26(21(24)4)20(3)22-13-8-6-9-14-22;2*1-2/h6-18,20H,5H2,1-4H3;1-2H3;2H2,1H3/b25-12-;;. The maximum absolute atomic E-state index is 4.50. The van der Waals surface area contributed by atoms with E-state index in [1.54, 1.807) is 0 Å². The molecule has 0 heterocycles. The van der Waals surface area contributed by atoms with Crippen molar-refractivity contribution in [2.45, 2.75) is 53.9 Å². The predicted molar refractivity (Wildman–Crippen MR) is 135 cm³/mol. The third kappa shape index (κ3) is 6.18. The van der Waals surface area contributed by atoms with Crippen LogP contribution in [-0.2, 0) is 0 Å². The van der Waals surface area contributed by atoms with Gasteiger partial charge >= 0.3 is 0 Å². The molecular formula is C29H39N. The number of hydrogen-bond donors (Lipinski definition) is 1. The van der Waals surface area contributed by atoms with Crippen LogP contribution in [0.1, 0.15) is 73.4 Å². The molecule has 1 atom stereocenters. The van der Waals surface area contributed by atoms with Gasteiger partial charge in [-0.1, -0.05) is 107 Å².